The molecule has 0 saturated heterocycles. The molecule has 31 heavy (non-hydrogen) atoms. The maximum absolute atomic E-state index is 12.1. The van der Waals surface area contributed by atoms with Crippen molar-refractivity contribution in [2.45, 2.75) is 12.6 Å². The highest BCUT2D eigenvalue weighted by Gasteiger charge is 2.37. The van der Waals surface area contributed by atoms with Crippen molar-refractivity contribution in [2.75, 3.05) is 4.90 Å². The van der Waals surface area contributed by atoms with Crippen LogP contribution in [0.15, 0.2) is 115 Å². The zero-order valence-electron chi connectivity index (χ0n) is 17.0. The Hall–Kier alpha value is -3.82. The summed E-state index contributed by atoms with van der Waals surface area (Å²) in [5.74, 6) is 0.373. The number of para-hydroxylation sites is 1. The minimum atomic E-state index is -0.136. The van der Waals surface area contributed by atoms with E-state index >= 15 is 0 Å². The van der Waals surface area contributed by atoms with E-state index < -0.39 is 0 Å². The van der Waals surface area contributed by atoms with E-state index in [0.29, 0.717) is 5.76 Å². The van der Waals surface area contributed by atoms with Crippen molar-refractivity contribution in [1.82, 2.24) is 0 Å². The lowest BCUT2D eigenvalue weighted by Crippen LogP contribution is -2.25. The van der Waals surface area contributed by atoms with Crippen molar-refractivity contribution in [2.24, 2.45) is 0 Å². The topological polar surface area (TPSA) is 35.5 Å². The minimum Gasteiger partial charge on any atom is -0.664 e. The van der Waals surface area contributed by atoms with Gasteiger partial charge in [-0.05, 0) is 17.2 Å². The minimum absolute atomic E-state index is 0.136. The lowest BCUT2D eigenvalue weighted by Gasteiger charge is -2.30. The van der Waals surface area contributed by atoms with Gasteiger partial charge in [0.1, 0.15) is 5.76 Å². The molecule has 0 spiro atoms. The van der Waals surface area contributed by atoms with Gasteiger partial charge in [-0.15, -0.1) is 0 Å². The zero-order valence-corrected chi connectivity index (χ0v) is 17.0. The van der Waals surface area contributed by atoms with Gasteiger partial charge in [0.2, 0.25) is 0 Å². The Bertz CT molecular complexity index is 1190. The first-order chi connectivity index (χ1) is 15.4. The molecule has 3 nitrogen and oxygen atoms in total. The van der Waals surface area contributed by atoms with Gasteiger partial charge in [-0.2, -0.15) is 0 Å². The Morgan fingerprint density at radius 2 is 1.29 bits per heavy atom. The normalized spacial score (nSPS) is 16.7. The van der Waals surface area contributed by atoms with Crippen molar-refractivity contribution in [1.29, 1.82) is 0 Å². The van der Waals surface area contributed by atoms with Gasteiger partial charge in [0.05, 0.1) is 6.04 Å². The van der Waals surface area contributed by atoms with E-state index in [2.05, 4.69) is 53.4 Å². The van der Waals surface area contributed by atoms with E-state index in [0.717, 1.165) is 34.5 Å². The Balaban J connectivity index is 1.75. The molecular formula is C28H22NO2-. The molecule has 0 radical (unpaired) electrons. The number of benzene rings is 4. The van der Waals surface area contributed by atoms with Gasteiger partial charge in [-0.25, -0.2) is 0 Å². The van der Waals surface area contributed by atoms with E-state index in [4.69, 9.17) is 4.89 Å². The number of hydrogen-bond acceptors (Lipinski definition) is 3. The summed E-state index contributed by atoms with van der Waals surface area (Å²) >= 11 is 0. The molecule has 1 aliphatic rings. The summed E-state index contributed by atoms with van der Waals surface area (Å²) in [6.45, 7) is 0.724. The highest BCUT2D eigenvalue weighted by molar-refractivity contribution is 5.99. The molecule has 0 aliphatic carbocycles. The molecule has 0 aromatic heterocycles. The van der Waals surface area contributed by atoms with Crippen LogP contribution in [0.3, 0.4) is 0 Å². The van der Waals surface area contributed by atoms with Crippen molar-refractivity contribution < 1.29 is 10.1 Å². The Morgan fingerprint density at radius 3 is 1.97 bits per heavy atom. The molecular weight excluding hydrogens is 382 g/mol. The van der Waals surface area contributed by atoms with Crippen LogP contribution in [0.25, 0.3) is 11.3 Å². The summed E-state index contributed by atoms with van der Waals surface area (Å²) in [5, 5.41) is 12.1. The van der Waals surface area contributed by atoms with E-state index in [9.17, 15) is 5.26 Å². The van der Waals surface area contributed by atoms with Crippen molar-refractivity contribution >= 4 is 17.0 Å². The third kappa shape index (κ3) is 3.60. The van der Waals surface area contributed by atoms with Crippen LogP contribution in [0, 0.1) is 0 Å². The van der Waals surface area contributed by atoms with Crippen molar-refractivity contribution in [3.8, 4) is 0 Å². The fourth-order valence-corrected chi connectivity index (χ4v) is 4.42. The largest absolute Gasteiger partial charge is 0.664 e. The van der Waals surface area contributed by atoms with Crippen LogP contribution in [-0.2, 0) is 11.4 Å². The van der Waals surface area contributed by atoms with Gasteiger partial charge < -0.3 is 15.0 Å². The second kappa shape index (κ2) is 8.50. The molecule has 0 amide bonds. The molecule has 0 saturated carbocycles. The number of nitrogens with zero attached hydrogens (tertiary/aromatic N) is 1. The average Bonchev–Trinajstić information content (AvgIpc) is 3.15. The van der Waals surface area contributed by atoms with Crippen LogP contribution >= 0.6 is 0 Å². The number of anilines is 1. The van der Waals surface area contributed by atoms with Gasteiger partial charge in [0.25, 0.3) is 0 Å². The number of fused-ring (bicyclic) bond motifs is 1. The van der Waals surface area contributed by atoms with Crippen LogP contribution in [0.2, 0.25) is 0 Å². The first-order valence-electron chi connectivity index (χ1n) is 10.4. The summed E-state index contributed by atoms with van der Waals surface area (Å²) in [7, 11) is 0. The smallest absolute Gasteiger partial charge is 0.124 e. The molecule has 0 fully saturated rings. The molecule has 1 aliphatic heterocycles. The summed E-state index contributed by atoms with van der Waals surface area (Å²) in [5.41, 5.74) is 6.14. The summed E-state index contributed by atoms with van der Waals surface area (Å²) < 4.78 is 0. The van der Waals surface area contributed by atoms with Crippen molar-refractivity contribution in [3.63, 3.8) is 0 Å². The predicted molar refractivity (Wildman–Crippen MR) is 123 cm³/mol. The summed E-state index contributed by atoms with van der Waals surface area (Å²) in [6, 6.07) is 38.5. The van der Waals surface area contributed by atoms with E-state index in [-0.39, 0.29) is 6.04 Å². The van der Waals surface area contributed by atoms with Crippen LogP contribution in [0.5, 0.6) is 0 Å². The molecule has 1 atom stereocenters. The lowest BCUT2D eigenvalue weighted by molar-refractivity contribution is -0.656. The van der Waals surface area contributed by atoms with Crippen molar-refractivity contribution in [3.05, 3.63) is 138 Å². The average molecular weight is 404 g/mol. The van der Waals surface area contributed by atoms with Gasteiger partial charge in [0, 0.05) is 28.9 Å². The Labute approximate surface area is 182 Å². The summed E-state index contributed by atoms with van der Waals surface area (Å²) in [6.07, 6.45) is 0. The third-order valence-corrected chi connectivity index (χ3v) is 5.76. The molecule has 3 heteroatoms. The van der Waals surface area contributed by atoms with Gasteiger partial charge in [-0.1, -0.05) is 109 Å². The third-order valence-electron chi connectivity index (χ3n) is 5.76. The number of hydrogen-bond donors (Lipinski definition) is 0. The highest BCUT2D eigenvalue weighted by Crippen LogP contribution is 2.51. The Kier molecular flexibility index (Phi) is 5.26. The Morgan fingerprint density at radius 1 is 0.710 bits per heavy atom. The molecule has 4 aromatic carbocycles. The van der Waals surface area contributed by atoms with Crippen LogP contribution in [0.1, 0.15) is 28.3 Å². The van der Waals surface area contributed by atoms with Crippen LogP contribution in [-0.4, -0.2) is 0 Å². The SMILES string of the molecule is [O-]O/C(=C1/c2ccccc2N(Cc2ccccc2)[C@@H]1c1ccccc1)c1ccccc1. The molecule has 0 unspecified atom stereocenters. The predicted octanol–water partition coefficient (Wildman–Crippen LogP) is 5.61. The zero-order chi connectivity index (χ0) is 21.0. The molecule has 0 bridgehead atoms. The van der Waals surface area contributed by atoms with E-state index in [1.807, 2.05) is 66.7 Å². The van der Waals surface area contributed by atoms with E-state index in [1.165, 1.54) is 5.56 Å². The fourth-order valence-electron chi connectivity index (χ4n) is 4.42. The fraction of sp³-hybridized carbons (Fsp3) is 0.0714. The number of rotatable bonds is 5. The quantitative estimate of drug-likeness (QED) is 0.246. The molecule has 5 rings (SSSR count). The molecule has 152 valence electrons. The maximum Gasteiger partial charge on any atom is 0.124 e. The molecule has 0 N–H and O–H groups in total. The second-order valence-corrected chi connectivity index (χ2v) is 7.64. The van der Waals surface area contributed by atoms with Gasteiger partial charge in [0.15, 0.2) is 0 Å². The molecule has 1 heterocycles. The maximum atomic E-state index is 12.1. The summed E-state index contributed by atoms with van der Waals surface area (Å²) in [4.78, 5) is 7.19. The van der Waals surface area contributed by atoms with Crippen LogP contribution in [0.4, 0.5) is 5.69 Å². The highest BCUT2D eigenvalue weighted by atomic mass is 17.1. The molecule has 4 aromatic rings. The second-order valence-electron chi connectivity index (χ2n) is 7.64. The van der Waals surface area contributed by atoms with Gasteiger partial charge in [-0.3, -0.25) is 0 Å². The lowest BCUT2D eigenvalue weighted by atomic mass is 9.93. The first-order valence-corrected chi connectivity index (χ1v) is 10.4. The van der Waals surface area contributed by atoms with E-state index in [1.54, 1.807) is 0 Å². The van der Waals surface area contributed by atoms with Crippen LogP contribution < -0.4 is 10.2 Å². The standard InChI is InChI=1S/C28H23NO2/c30-31-28(23-16-8-3-9-17-23)26-24-18-10-11-19-25(24)29(20-21-12-4-1-5-13-21)27(26)22-14-6-2-7-15-22/h1-19,27,30H,20H2/p-1/b28-26-/t27-/m1/s1. The first kappa shape index (κ1) is 19.2. The van der Waals surface area contributed by atoms with Gasteiger partial charge >= 0.3 is 0 Å². The monoisotopic (exact) mass is 404 g/mol.